The van der Waals surface area contributed by atoms with Crippen LogP contribution in [0, 0.1) is 0 Å². The Morgan fingerprint density at radius 1 is 1.58 bits per heavy atom. The van der Waals surface area contributed by atoms with Crippen LogP contribution < -0.4 is 0 Å². The Labute approximate surface area is 70.6 Å². The number of carbonyl (C=O) groups is 2. The molecule has 5 heteroatoms. The first-order valence-electron chi connectivity index (χ1n) is 3.83. The van der Waals surface area contributed by atoms with Crippen molar-refractivity contribution in [2.75, 3.05) is 6.54 Å². The van der Waals surface area contributed by atoms with Crippen LogP contribution in [-0.4, -0.2) is 39.8 Å². The number of rotatable bonds is 2. The lowest BCUT2D eigenvalue weighted by atomic mass is 10.2. The SMILES string of the molecule is CC.O=C(O)C(O)N1CCC1=O. The van der Waals surface area contributed by atoms with Crippen LogP contribution in [0.1, 0.15) is 20.3 Å². The molecule has 12 heavy (non-hydrogen) atoms. The first kappa shape index (κ1) is 10.9. The second-order valence-corrected chi connectivity index (χ2v) is 2.05. The van der Waals surface area contributed by atoms with Gasteiger partial charge in [0.1, 0.15) is 0 Å². The molecule has 0 aromatic carbocycles. The molecular weight excluding hydrogens is 162 g/mol. The predicted molar refractivity (Wildman–Crippen MR) is 41.3 cm³/mol. The average molecular weight is 175 g/mol. The summed E-state index contributed by atoms with van der Waals surface area (Å²) in [5.41, 5.74) is 0. The van der Waals surface area contributed by atoms with Crippen molar-refractivity contribution in [2.24, 2.45) is 0 Å². The van der Waals surface area contributed by atoms with E-state index in [-0.39, 0.29) is 5.91 Å². The van der Waals surface area contributed by atoms with Crippen molar-refractivity contribution in [3.05, 3.63) is 0 Å². The van der Waals surface area contributed by atoms with Crippen molar-refractivity contribution < 1.29 is 19.8 Å². The molecule has 1 aliphatic rings. The smallest absolute Gasteiger partial charge is 0.354 e. The number of β-lactam (4-membered cyclic amide) rings is 1. The first-order valence-corrected chi connectivity index (χ1v) is 3.83. The Kier molecular flexibility index (Phi) is 4.28. The van der Waals surface area contributed by atoms with Crippen LogP contribution in [0.25, 0.3) is 0 Å². The molecule has 0 spiro atoms. The largest absolute Gasteiger partial charge is 0.478 e. The van der Waals surface area contributed by atoms with Crippen LogP contribution in [0.3, 0.4) is 0 Å². The number of carboxylic acids is 1. The van der Waals surface area contributed by atoms with Crippen LogP contribution in [-0.2, 0) is 9.59 Å². The molecule has 1 saturated heterocycles. The van der Waals surface area contributed by atoms with E-state index in [2.05, 4.69) is 0 Å². The maximum absolute atomic E-state index is 10.5. The number of carboxylic acid groups (broad SMARTS) is 1. The summed E-state index contributed by atoms with van der Waals surface area (Å²) in [6.45, 7) is 4.34. The highest BCUT2D eigenvalue weighted by atomic mass is 16.4. The molecule has 0 radical (unpaired) electrons. The van der Waals surface area contributed by atoms with Crippen molar-refractivity contribution >= 4 is 11.9 Å². The molecule has 2 N–H and O–H groups in total. The number of nitrogens with zero attached hydrogens (tertiary/aromatic N) is 1. The fourth-order valence-corrected chi connectivity index (χ4v) is 0.724. The van der Waals surface area contributed by atoms with Gasteiger partial charge in [-0.3, -0.25) is 4.79 Å². The Bertz CT molecular complexity index is 172. The third-order valence-electron chi connectivity index (χ3n) is 1.40. The number of aliphatic carboxylic acids is 1. The Hall–Kier alpha value is -1.10. The summed E-state index contributed by atoms with van der Waals surface area (Å²) in [4.78, 5) is 21.4. The summed E-state index contributed by atoms with van der Waals surface area (Å²) < 4.78 is 0. The zero-order chi connectivity index (χ0) is 9.72. The number of likely N-dealkylation sites (tertiary alicyclic amines) is 1. The Morgan fingerprint density at radius 2 is 2.08 bits per heavy atom. The van der Waals surface area contributed by atoms with E-state index >= 15 is 0 Å². The summed E-state index contributed by atoms with van der Waals surface area (Å²) >= 11 is 0. The van der Waals surface area contributed by atoms with E-state index < -0.39 is 12.2 Å². The van der Waals surface area contributed by atoms with Crippen molar-refractivity contribution in [1.82, 2.24) is 4.90 Å². The normalized spacial score (nSPS) is 17.2. The van der Waals surface area contributed by atoms with Gasteiger partial charge in [0.05, 0.1) is 0 Å². The highest BCUT2D eigenvalue weighted by molar-refractivity contribution is 5.86. The standard InChI is InChI=1S/C5H7NO4.C2H6/c7-3-1-2-6(3)4(8)5(9)10;1-2/h4,8H,1-2H2,(H,9,10);1-2H3. The number of aliphatic hydroxyl groups excluding tert-OH is 1. The number of carbonyl (C=O) groups excluding carboxylic acids is 1. The van der Waals surface area contributed by atoms with Crippen molar-refractivity contribution in [2.45, 2.75) is 26.5 Å². The molecule has 1 amide bonds. The Morgan fingerprint density at radius 3 is 2.17 bits per heavy atom. The van der Waals surface area contributed by atoms with E-state index in [4.69, 9.17) is 10.2 Å². The topological polar surface area (TPSA) is 77.8 Å². The Balaban J connectivity index is 0.000000561. The van der Waals surface area contributed by atoms with E-state index in [9.17, 15) is 9.59 Å². The number of amides is 1. The van der Waals surface area contributed by atoms with Crippen molar-refractivity contribution in [3.63, 3.8) is 0 Å². The summed E-state index contributed by atoms with van der Waals surface area (Å²) in [5, 5.41) is 16.9. The minimum atomic E-state index is -1.65. The van der Waals surface area contributed by atoms with Gasteiger partial charge in [0.25, 0.3) is 0 Å². The summed E-state index contributed by atoms with van der Waals surface area (Å²) in [6, 6.07) is 0. The van der Waals surface area contributed by atoms with Gasteiger partial charge >= 0.3 is 5.97 Å². The van der Waals surface area contributed by atoms with Crippen LogP contribution >= 0.6 is 0 Å². The molecule has 0 aromatic heterocycles. The average Bonchev–Trinajstić information content (AvgIpc) is 2.05. The van der Waals surface area contributed by atoms with Gasteiger partial charge in [0, 0.05) is 13.0 Å². The van der Waals surface area contributed by atoms with Gasteiger partial charge in [-0.2, -0.15) is 0 Å². The number of hydrogen-bond donors (Lipinski definition) is 2. The number of aliphatic hydroxyl groups is 1. The van der Waals surface area contributed by atoms with Gasteiger partial charge in [-0.05, 0) is 0 Å². The van der Waals surface area contributed by atoms with Gasteiger partial charge in [-0.15, -0.1) is 0 Å². The minimum Gasteiger partial charge on any atom is -0.478 e. The molecule has 70 valence electrons. The second-order valence-electron chi connectivity index (χ2n) is 2.05. The molecule has 1 heterocycles. The maximum atomic E-state index is 10.5. The third-order valence-corrected chi connectivity index (χ3v) is 1.40. The zero-order valence-corrected chi connectivity index (χ0v) is 7.15. The van der Waals surface area contributed by atoms with Gasteiger partial charge in [-0.1, -0.05) is 13.8 Å². The predicted octanol–water partition coefficient (Wildman–Crippen LogP) is -0.352. The number of hydrogen-bond acceptors (Lipinski definition) is 3. The maximum Gasteiger partial charge on any atom is 0.354 e. The quantitative estimate of drug-likeness (QED) is 0.562. The lowest BCUT2D eigenvalue weighted by Gasteiger charge is -2.32. The monoisotopic (exact) mass is 175 g/mol. The van der Waals surface area contributed by atoms with Gasteiger partial charge < -0.3 is 15.1 Å². The molecule has 1 unspecified atom stereocenters. The van der Waals surface area contributed by atoms with Crippen LogP contribution in [0.4, 0.5) is 0 Å². The summed E-state index contributed by atoms with van der Waals surface area (Å²) in [5.74, 6) is -1.69. The van der Waals surface area contributed by atoms with Crippen LogP contribution in [0.15, 0.2) is 0 Å². The van der Waals surface area contributed by atoms with Crippen molar-refractivity contribution in [1.29, 1.82) is 0 Å². The summed E-state index contributed by atoms with van der Waals surface area (Å²) in [6.07, 6.45) is -1.31. The van der Waals surface area contributed by atoms with E-state index in [1.807, 2.05) is 13.8 Å². The first-order chi connectivity index (χ1) is 5.63. The molecule has 0 bridgehead atoms. The van der Waals surface area contributed by atoms with Gasteiger partial charge in [0.2, 0.25) is 12.1 Å². The third kappa shape index (κ3) is 2.20. The molecular formula is C7H13NO4. The molecule has 5 nitrogen and oxygen atoms in total. The fraction of sp³-hybridized carbons (Fsp3) is 0.714. The van der Waals surface area contributed by atoms with E-state index in [0.29, 0.717) is 13.0 Å². The highest BCUT2D eigenvalue weighted by Gasteiger charge is 2.33. The van der Waals surface area contributed by atoms with E-state index in [0.717, 1.165) is 4.90 Å². The molecule has 1 rings (SSSR count). The van der Waals surface area contributed by atoms with Crippen LogP contribution in [0.2, 0.25) is 0 Å². The van der Waals surface area contributed by atoms with Crippen molar-refractivity contribution in [3.8, 4) is 0 Å². The molecule has 0 aromatic rings. The molecule has 1 fully saturated rings. The van der Waals surface area contributed by atoms with Crippen LogP contribution in [0.5, 0.6) is 0 Å². The van der Waals surface area contributed by atoms with Gasteiger partial charge in [0.15, 0.2) is 0 Å². The molecule has 0 aliphatic carbocycles. The van der Waals surface area contributed by atoms with E-state index in [1.54, 1.807) is 0 Å². The zero-order valence-electron chi connectivity index (χ0n) is 7.15. The molecule has 1 atom stereocenters. The minimum absolute atomic E-state index is 0.310. The lowest BCUT2D eigenvalue weighted by Crippen LogP contribution is -2.53. The van der Waals surface area contributed by atoms with E-state index in [1.165, 1.54) is 0 Å². The highest BCUT2D eigenvalue weighted by Crippen LogP contribution is 2.11. The molecule has 1 aliphatic heterocycles. The molecule has 0 saturated carbocycles. The van der Waals surface area contributed by atoms with Gasteiger partial charge in [-0.25, -0.2) is 4.79 Å². The second kappa shape index (κ2) is 4.71. The fourth-order valence-electron chi connectivity index (χ4n) is 0.724. The summed E-state index contributed by atoms with van der Waals surface area (Å²) in [7, 11) is 0. The lowest BCUT2D eigenvalue weighted by molar-refractivity contribution is -0.172.